The standard InChI is InChI=1S/C31H26Cl2F3N3O2.C3H8O4S/c32-25-10-8-22(9-11-25)21-6-4-20(5-7-21)19-38-16-13-23(14-17-38)29-26(31(34,35)36)2-1-3-27(29)39(41)30(40)24-12-15-37-28(33)18-24;4-2-1-3-8(5,6)7/h1-12,15,18,23,39H,13-14,16-17,19H2;4H,1-3H2,(H,5,6,7)/p-1. The van der Waals surface area contributed by atoms with Gasteiger partial charge in [0.2, 0.25) is 0 Å². The number of aromatic nitrogens is 1. The van der Waals surface area contributed by atoms with Gasteiger partial charge in [0.05, 0.1) is 21.2 Å². The first-order valence-corrected chi connectivity index (χ1v) is 17.5. The molecule has 49 heavy (non-hydrogen) atoms. The number of pyridine rings is 1. The number of piperidine rings is 1. The van der Waals surface area contributed by atoms with Crippen molar-refractivity contribution in [1.82, 2.24) is 9.88 Å². The molecule has 5 rings (SSSR count). The van der Waals surface area contributed by atoms with Gasteiger partial charge in [0.1, 0.15) is 10.8 Å². The first-order valence-electron chi connectivity index (χ1n) is 15.2. The van der Waals surface area contributed by atoms with Gasteiger partial charge in [-0.3, -0.25) is 9.96 Å². The Kier molecular flexibility index (Phi) is 13.3. The number of likely N-dealkylation sites (tertiary alicyclic amines) is 1. The minimum atomic E-state index is -4.67. The van der Waals surface area contributed by atoms with Crippen LogP contribution in [0.1, 0.15) is 52.2 Å². The van der Waals surface area contributed by atoms with E-state index in [-0.39, 0.29) is 35.0 Å². The minimum Gasteiger partial charge on any atom is -0.748 e. The van der Waals surface area contributed by atoms with E-state index >= 15 is 0 Å². The van der Waals surface area contributed by atoms with E-state index in [2.05, 4.69) is 9.88 Å². The van der Waals surface area contributed by atoms with Gasteiger partial charge in [0.15, 0.2) is 0 Å². The zero-order valence-electron chi connectivity index (χ0n) is 26.0. The van der Waals surface area contributed by atoms with Crippen LogP contribution in [0.25, 0.3) is 11.1 Å². The second-order valence-corrected chi connectivity index (χ2v) is 13.7. The molecular formula is C34H33Cl2F3N3O6S-. The highest BCUT2D eigenvalue weighted by Gasteiger charge is 2.39. The molecule has 2 N–H and O–H groups in total. The molecule has 2 heterocycles. The lowest BCUT2D eigenvalue weighted by atomic mass is 9.84. The summed E-state index contributed by atoms with van der Waals surface area (Å²) < 4.78 is 71.5. The van der Waals surface area contributed by atoms with Gasteiger partial charge in [-0.25, -0.2) is 18.2 Å². The monoisotopic (exact) mass is 738 g/mol. The van der Waals surface area contributed by atoms with Gasteiger partial charge in [-0.1, -0.05) is 65.7 Å². The Morgan fingerprint density at radius 3 is 2.12 bits per heavy atom. The molecule has 1 fully saturated rings. The maximum Gasteiger partial charge on any atom is 0.416 e. The average molecular weight is 740 g/mol. The van der Waals surface area contributed by atoms with Crippen LogP contribution >= 0.6 is 23.2 Å². The number of quaternary nitrogens is 1. The molecule has 0 saturated carbocycles. The number of hydroxylamine groups is 1. The number of nitrogens with zero attached hydrogens (tertiary/aromatic N) is 2. The van der Waals surface area contributed by atoms with Gasteiger partial charge in [-0.2, -0.15) is 13.2 Å². The van der Waals surface area contributed by atoms with Crippen LogP contribution in [0.15, 0.2) is 85.1 Å². The van der Waals surface area contributed by atoms with Crippen LogP contribution in [-0.4, -0.2) is 59.3 Å². The number of aliphatic hydroxyl groups is 1. The third-order valence-electron chi connectivity index (χ3n) is 7.94. The van der Waals surface area contributed by atoms with Crippen molar-refractivity contribution in [2.75, 3.05) is 25.4 Å². The molecule has 0 spiro atoms. The molecule has 3 aromatic carbocycles. The van der Waals surface area contributed by atoms with Crippen molar-refractivity contribution in [2.24, 2.45) is 0 Å². The first-order chi connectivity index (χ1) is 23.2. The van der Waals surface area contributed by atoms with Crippen LogP contribution in [0.4, 0.5) is 18.9 Å². The number of carbonyl (C=O) groups excluding carboxylic acids is 1. The van der Waals surface area contributed by atoms with Crippen molar-refractivity contribution in [3.05, 3.63) is 123 Å². The molecule has 1 aromatic heterocycles. The van der Waals surface area contributed by atoms with Crippen molar-refractivity contribution >= 4 is 44.9 Å². The van der Waals surface area contributed by atoms with E-state index in [9.17, 15) is 36.1 Å². The normalized spacial score (nSPS) is 14.9. The fourth-order valence-corrected chi connectivity index (χ4v) is 6.35. The van der Waals surface area contributed by atoms with E-state index in [4.69, 9.17) is 28.3 Å². The summed E-state index contributed by atoms with van der Waals surface area (Å²) in [5.41, 5.74) is 2.00. The van der Waals surface area contributed by atoms with E-state index in [1.54, 1.807) is 0 Å². The summed E-state index contributed by atoms with van der Waals surface area (Å²) in [5, 5.41) is 21.0. The van der Waals surface area contributed by atoms with Crippen molar-refractivity contribution in [3.8, 4) is 11.1 Å². The van der Waals surface area contributed by atoms with Gasteiger partial charge in [0, 0.05) is 41.8 Å². The van der Waals surface area contributed by atoms with E-state index in [1.165, 1.54) is 30.5 Å². The molecule has 1 atom stereocenters. The van der Waals surface area contributed by atoms with Crippen molar-refractivity contribution in [3.63, 3.8) is 0 Å². The van der Waals surface area contributed by atoms with Gasteiger partial charge >= 0.3 is 12.1 Å². The van der Waals surface area contributed by atoms with E-state index in [0.29, 0.717) is 37.5 Å². The zero-order valence-corrected chi connectivity index (χ0v) is 28.3. The number of hydrogen-bond acceptors (Lipinski definition) is 8. The summed E-state index contributed by atoms with van der Waals surface area (Å²) in [4.78, 5) is 18.9. The molecule has 15 heteroatoms. The second-order valence-electron chi connectivity index (χ2n) is 11.4. The molecule has 1 saturated heterocycles. The SMILES string of the molecule is O=C(c1ccnc(Cl)c1)[NH+]([O-])c1cccc(C(F)(F)F)c1C1CCN(Cc2ccc(-c3ccc(Cl)cc3)cc2)CC1.O=S(=O)([O-])CCCO. The molecule has 0 radical (unpaired) electrons. The maximum atomic E-state index is 14.1. The maximum absolute atomic E-state index is 14.1. The van der Waals surface area contributed by atoms with Crippen molar-refractivity contribution in [2.45, 2.75) is 37.9 Å². The highest BCUT2D eigenvalue weighted by molar-refractivity contribution is 7.85. The number of carbonyl (C=O) groups is 1. The summed E-state index contributed by atoms with van der Waals surface area (Å²) >= 11 is 11.8. The van der Waals surface area contributed by atoms with Crippen LogP contribution in [0, 0.1) is 5.21 Å². The van der Waals surface area contributed by atoms with Crippen molar-refractivity contribution in [1.29, 1.82) is 0 Å². The highest BCUT2D eigenvalue weighted by Crippen LogP contribution is 2.41. The first kappa shape index (κ1) is 38.4. The smallest absolute Gasteiger partial charge is 0.416 e. The number of aliphatic hydroxyl groups excluding tert-OH is 1. The lowest BCUT2D eigenvalue weighted by Gasteiger charge is -2.35. The van der Waals surface area contributed by atoms with Crippen LogP contribution in [0.2, 0.25) is 10.2 Å². The molecule has 1 aliphatic rings. The molecule has 1 amide bonds. The molecule has 0 bridgehead atoms. The number of halogens is 5. The summed E-state index contributed by atoms with van der Waals surface area (Å²) in [5.74, 6) is -1.91. The lowest BCUT2D eigenvalue weighted by molar-refractivity contribution is -0.680. The molecule has 9 nitrogen and oxygen atoms in total. The van der Waals surface area contributed by atoms with Gasteiger partial charge in [-0.15, -0.1) is 0 Å². The summed E-state index contributed by atoms with van der Waals surface area (Å²) in [6.07, 6.45) is -2.52. The third-order valence-corrected chi connectivity index (χ3v) is 9.18. The Balaban J connectivity index is 0.000000603. The summed E-state index contributed by atoms with van der Waals surface area (Å²) in [7, 11) is -4.10. The highest BCUT2D eigenvalue weighted by atomic mass is 35.5. The van der Waals surface area contributed by atoms with Crippen LogP contribution in [-0.2, 0) is 22.8 Å². The average Bonchev–Trinajstić information content (AvgIpc) is 3.07. The number of benzene rings is 3. The van der Waals surface area contributed by atoms with Crippen molar-refractivity contribution < 1.29 is 41.1 Å². The number of hydrogen-bond donors (Lipinski definition) is 2. The van der Waals surface area contributed by atoms with Crippen LogP contribution in [0.3, 0.4) is 0 Å². The summed E-state index contributed by atoms with van der Waals surface area (Å²) in [6.45, 7) is 1.51. The van der Waals surface area contributed by atoms with Gasteiger partial charge < -0.3 is 14.9 Å². The largest absolute Gasteiger partial charge is 0.748 e. The molecular weight excluding hydrogens is 706 g/mol. The minimum absolute atomic E-state index is 0.0138. The Bertz CT molecular complexity index is 1820. The fourth-order valence-electron chi connectivity index (χ4n) is 5.57. The van der Waals surface area contributed by atoms with Crippen LogP contribution < -0.4 is 5.06 Å². The topological polar surface area (TPSA) is 138 Å². The lowest BCUT2D eigenvalue weighted by Crippen LogP contribution is -3.05. The Morgan fingerprint density at radius 1 is 0.980 bits per heavy atom. The number of rotatable bonds is 9. The van der Waals surface area contributed by atoms with E-state index in [0.717, 1.165) is 22.8 Å². The van der Waals surface area contributed by atoms with E-state index in [1.807, 2.05) is 48.5 Å². The summed E-state index contributed by atoms with van der Waals surface area (Å²) in [6, 6.07) is 21.8. The third kappa shape index (κ3) is 11.0. The van der Waals surface area contributed by atoms with E-state index < -0.39 is 44.5 Å². The molecule has 1 unspecified atom stereocenters. The fraction of sp³-hybridized carbons (Fsp3) is 0.294. The number of alkyl halides is 3. The second kappa shape index (κ2) is 17.0. The molecule has 4 aromatic rings. The Morgan fingerprint density at radius 2 is 1.59 bits per heavy atom. The molecule has 1 aliphatic heterocycles. The predicted octanol–water partition coefficient (Wildman–Crippen LogP) is 6.22. The Hall–Kier alpha value is -3.40. The quantitative estimate of drug-likeness (QED) is 0.117. The van der Waals surface area contributed by atoms with Gasteiger partial charge in [0.25, 0.3) is 0 Å². The Labute approximate surface area is 292 Å². The molecule has 262 valence electrons. The number of amides is 1. The van der Waals surface area contributed by atoms with Crippen LogP contribution in [0.5, 0.6) is 0 Å². The van der Waals surface area contributed by atoms with Gasteiger partial charge in [-0.05, 0) is 85.3 Å². The molecule has 0 aliphatic carbocycles. The number of nitrogens with one attached hydrogen (secondary N) is 1. The predicted molar refractivity (Wildman–Crippen MR) is 179 cm³/mol. The zero-order chi connectivity index (χ0) is 35.8.